The number of amides is 1. The molecule has 1 aliphatic heterocycles. The summed E-state index contributed by atoms with van der Waals surface area (Å²) in [7, 11) is 2.08. The number of rotatable bonds is 8. The van der Waals surface area contributed by atoms with Crippen molar-refractivity contribution in [2.24, 2.45) is 12.0 Å². The Balaban J connectivity index is 1.11. The van der Waals surface area contributed by atoms with Gasteiger partial charge in [0.1, 0.15) is 5.49 Å². The number of unbranched alkanes of at least 4 members (excludes halogenated alkanes) is 1. The number of anilines is 1. The molecule has 0 spiro atoms. The number of aromatic amines is 1. The molecule has 7 heteroatoms. The summed E-state index contributed by atoms with van der Waals surface area (Å²) >= 11 is 0. The zero-order valence-corrected chi connectivity index (χ0v) is 20.8. The van der Waals surface area contributed by atoms with Gasteiger partial charge in [-0.05, 0) is 43.7 Å². The third-order valence-electron chi connectivity index (χ3n) is 7.20. The number of aryl methyl sites for hydroxylation is 1. The molecule has 2 aromatic heterocycles. The van der Waals surface area contributed by atoms with Crippen LogP contribution in [0.1, 0.15) is 23.2 Å². The minimum Gasteiger partial charge on any atom is -0.354 e. The van der Waals surface area contributed by atoms with Gasteiger partial charge in [-0.2, -0.15) is 0 Å². The Bertz CT molecular complexity index is 1730. The van der Waals surface area contributed by atoms with E-state index in [9.17, 15) is 9.59 Å². The molecular weight excluding hydrogens is 462 g/mol. The van der Waals surface area contributed by atoms with Crippen LogP contribution in [0.3, 0.4) is 0 Å². The van der Waals surface area contributed by atoms with Crippen LogP contribution in [0, 0.1) is 0 Å². The molecule has 1 amide bonds. The molecular formula is C30H29N5O2. The summed E-state index contributed by atoms with van der Waals surface area (Å²) in [6.45, 7) is 2.81. The van der Waals surface area contributed by atoms with E-state index in [1.54, 1.807) is 17.0 Å². The Morgan fingerprint density at radius 3 is 2.51 bits per heavy atom. The third-order valence-corrected chi connectivity index (χ3v) is 7.20. The minimum atomic E-state index is -0.417. The number of H-pyrrole nitrogens is 1. The van der Waals surface area contributed by atoms with E-state index in [1.807, 2.05) is 12.1 Å². The predicted octanol–water partition coefficient (Wildman–Crippen LogP) is 4.31. The van der Waals surface area contributed by atoms with Crippen molar-refractivity contribution in [2.75, 3.05) is 31.1 Å². The maximum absolute atomic E-state index is 12.3. The number of hydrogen-bond acceptors (Lipinski definition) is 4. The molecule has 7 nitrogen and oxygen atoms in total. The van der Waals surface area contributed by atoms with Gasteiger partial charge in [-0.3, -0.25) is 14.6 Å². The normalized spacial score (nSPS) is 14.0. The number of carbonyl (C=O) groups is 2. The van der Waals surface area contributed by atoms with Crippen molar-refractivity contribution in [3.8, 4) is 0 Å². The molecule has 3 aromatic carbocycles. The lowest BCUT2D eigenvalue weighted by Crippen LogP contribution is -2.31. The van der Waals surface area contributed by atoms with Crippen LogP contribution in [0.15, 0.2) is 77.8 Å². The van der Waals surface area contributed by atoms with Crippen LogP contribution in [0.25, 0.3) is 32.7 Å². The van der Waals surface area contributed by atoms with Crippen LogP contribution < -0.4 is 15.7 Å². The van der Waals surface area contributed by atoms with Gasteiger partial charge in [-0.15, -0.1) is 0 Å². The van der Waals surface area contributed by atoms with Crippen LogP contribution in [0.5, 0.6) is 0 Å². The first-order chi connectivity index (χ1) is 18.1. The molecule has 3 heterocycles. The molecule has 2 N–H and O–H groups in total. The highest BCUT2D eigenvalue weighted by molar-refractivity contribution is 6.52. The average molecular weight is 492 g/mol. The fraction of sp³-hybridized carbons (Fsp3) is 0.233. The number of hydrogen-bond donors (Lipinski definition) is 2. The van der Waals surface area contributed by atoms with E-state index in [1.165, 1.54) is 10.8 Å². The predicted molar refractivity (Wildman–Crippen MR) is 148 cm³/mol. The first-order valence-corrected chi connectivity index (χ1v) is 12.8. The zero-order chi connectivity index (χ0) is 25.4. The van der Waals surface area contributed by atoms with Crippen molar-refractivity contribution in [1.29, 1.82) is 0 Å². The molecule has 5 aromatic rings. The van der Waals surface area contributed by atoms with Crippen LogP contribution in [0.2, 0.25) is 0 Å². The van der Waals surface area contributed by atoms with Gasteiger partial charge in [0.25, 0.3) is 11.7 Å². The standard InChI is InChI=1S/C30H29N5O2/c1-34-24-14-6-3-11-21(24)27-26(20-10-2-5-13-23(20)33-27)29(34)32-18-17-31-16-8-9-19-35-25-15-7-4-12-22(25)28(36)30(35)37/h2-7,10-15,31,33H,8-9,16-19H2,1H3. The lowest BCUT2D eigenvalue weighted by Gasteiger charge is -2.16. The van der Waals surface area contributed by atoms with E-state index in [2.05, 4.69) is 70.4 Å². The van der Waals surface area contributed by atoms with Crippen molar-refractivity contribution >= 4 is 50.1 Å². The number of ketones is 1. The van der Waals surface area contributed by atoms with E-state index in [0.717, 1.165) is 59.0 Å². The summed E-state index contributed by atoms with van der Waals surface area (Å²) in [5.74, 6) is -0.818. The van der Waals surface area contributed by atoms with Crippen molar-refractivity contribution in [3.05, 3.63) is 83.8 Å². The second-order valence-electron chi connectivity index (χ2n) is 9.46. The van der Waals surface area contributed by atoms with Crippen molar-refractivity contribution in [2.45, 2.75) is 12.8 Å². The van der Waals surface area contributed by atoms with Crippen LogP contribution in [-0.2, 0) is 11.8 Å². The van der Waals surface area contributed by atoms with Crippen molar-refractivity contribution in [3.63, 3.8) is 0 Å². The van der Waals surface area contributed by atoms with Gasteiger partial charge in [0, 0.05) is 36.4 Å². The molecule has 0 bridgehead atoms. The SMILES string of the molecule is Cn1c(=NCCNCCCCN2C(=O)C(=O)c3ccccc32)c2c3ccccc3[nH]c2c2ccccc21. The Hall–Kier alpha value is -4.23. The number of carbonyl (C=O) groups excluding carboxylic acids is 2. The number of pyridine rings is 1. The van der Waals surface area contributed by atoms with Gasteiger partial charge in [-0.1, -0.05) is 48.5 Å². The van der Waals surface area contributed by atoms with Crippen LogP contribution in [-0.4, -0.2) is 47.4 Å². The van der Waals surface area contributed by atoms with E-state index in [-0.39, 0.29) is 0 Å². The number of fused-ring (bicyclic) bond motifs is 6. The number of aromatic nitrogens is 2. The molecule has 0 saturated carbocycles. The Kier molecular flexibility index (Phi) is 6.06. The maximum atomic E-state index is 12.3. The molecule has 37 heavy (non-hydrogen) atoms. The second-order valence-corrected chi connectivity index (χ2v) is 9.46. The Labute approximate surface area is 214 Å². The highest BCUT2D eigenvalue weighted by atomic mass is 16.2. The quantitative estimate of drug-likeness (QED) is 0.251. The van der Waals surface area contributed by atoms with Crippen LogP contribution >= 0.6 is 0 Å². The van der Waals surface area contributed by atoms with Gasteiger partial charge in [0.2, 0.25) is 0 Å². The van der Waals surface area contributed by atoms with Gasteiger partial charge in [0.15, 0.2) is 0 Å². The molecule has 1 aliphatic rings. The number of nitrogens with zero attached hydrogens (tertiary/aromatic N) is 3. The Morgan fingerprint density at radius 1 is 0.865 bits per heavy atom. The van der Waals surface area contributed by atoms with Gasteiger partial charge in [0.05, 0.1) is 34.2 Å². The molecule has 0 unspecified atom stereocenters. The smallest absolute Gasteiger partial charge is 0.299 e. The lowest BCUT2D eigenvalue weighted by atomic mass is 10.1. The fourth-order valence-electron chi connectivity index (χ4n) is 5.38. The lowest BCUT2D eigenvalue weighted by molar-refractivity contribution is -0.114. The van der Waals surface area contributed by atoms with E-state index in [0.29, 0.717) is 18.7 Å². The largest absolute Gasteiger partial charge is 0.354 e. The molecule has 0 saturated heterocycles. The molecule has 0 atom stereocenters. The van der Waals surface area contributed by atoms with Gasteiger partial charge >= 0.3 is 0 Å². The highest BCUT2D eigenvalue weighted by Gasteiger charge is 2.34. The molecule has 0 fully saturated rings. The third kappa shape index (κ3) is 4.01. The van der Waals surface area contributed by atoms with Crippen LogP contribution in [0.4, 0.5) is 5.69 Å². The molecule has 0 radical (unpaired) electrons. The summed E-state index contributed by atoms with van der Waals surface area (Å²) in [6.07, 6.45) is 1.74. The molecule has 0 aliphatic carbocycles. The summed E-state index contributed by atoms with van der Waals surface area (Å²) in [6, 6.07) is 24.0. The van der Waals surface area contributed by atoms with Crippen molar-refractivity contribution < 1.29 is 9.59 Å². The van der Waals surface area contributed by atoms with E-state index in [4.69, 9.17) is 4.99 Å². The fourth-order valence-corrected chi connectivity index (χ4v) is 5.38. The summed E-state index contributed by atoms with van der Waals surface area (Å²) in [5, 5.41) is 7.00. The first-order valence-electron chi connectivity index (χ1n) is 12.8. The minimum absolute atomic E-state index is 0.401. The topological polar surface area (TPSA) is 82.5 Å². The average Bonchev–Trinajstić information content (AvgIpc) is 3.43. The second kappa shape index (κ2) is 9.67. The summed E-state index contributed by atoms with van der Waals surface area (Å²) in [4.78, 5) is 34.7. The molecule has 186 valence electrons. The van der Waals surface area contributed by atoms with Gasteiger partial charge in [-0.25, -0.2) is 0 Å². The number of para-hydroxylation sites is 3. The van der Waals surface area contributed by atoms with E-state index >= 15 is 0 Å². The van der Waals surface area contributed by atoms with Crippen molar-refractivity contribution in [1.82, 2.24) is 14.9 Å². The number of nitrogens with one attached hydrogen (secondary N) is 2. The molecule has 6 rings (SSSR count). The highest BCUT2D eigenvalue weighted by Crippen LogP contribution is 2.29. The zero-order valence-electron chi connectivity index (χ0n) is 20.8. The number of benzene rings is 3. The summed E-state index contributed by atoms with van der Waals surface area (Å²) in [5.41, 5.74) is 5.60. The summed E-state index contributed by atoms with van der Waals surface area (Å²) < 4.78 is 2.18. The number of Topliss-reactive ketones (excluding diaryl/α,β-unsaturated/α-hetero) is 1. The van der Waals surface area contributed by atoms with Gasteiger partial charge < -0.3 is 19.8 Å². The first kappa shape index (κ1) is 23.2. The maximum Gasteiger partial charge on any atom is 0.299 e. The Morgan fingerprint density at radius 2 is 1.62 bits per heavy atom. The van der Waals surface area contributed by atoms with E-state index < -0.39 is 11.7 Å². The monoisotopic (exact) mass is 491 g/mol.